The number of aromatic nitrogens is 2. The van der Waals surface area contributed by atoms with Crippen molar-refractivity contribution in [1.82, 2.24) is 15.1 Å². The van der Waals surface area contributed by atoms with Crippen LogP contribution in [0.5, 0.6) is 0 Å². The Labute approximate surface area is 146 Å². The molecule has 3 aromatic rings. The van der Waals surface area contributed by atoms with Crippen LogP contribution in [0.1, 0.15) is 17.2 Å². The van der Waals surface area contributed by atoms with Crippen molar-refractivity contribution in [2.75, 3.05) is 18.9 Å². The summed E-state index contributed by atoms with van der Waals surface area (Å²) in [5.41, 5.74) is 3.77. The number of rotatable bonds is 2. The zero-order valence-electron chi connectivity index (χ0n) is 14.0. The van der Waals surface area contributed by atoms with Gasteiger partial charge in [0.25, 0.3) is 0 Å². The monoisotopic (exact) mass is 334 g/mol. The van der Waals surface area contributed by atoms with E-state index in [4.69, 9.17) is 0 Å². The number of nitrogens with one attached hydrogen (secondary N) is 1. The minimum absolute atomic E-state index is 0.188. The quantitative estimate of drug-likeness (QED) is 0.772. The first-order chi connectivity index (χ1) is 12.2. The molecular formula is C20H19FN4. The fourth-order valence-corrected chi connectivity index (χ4v) is 3.35. The topological polar surface area (TPSA) is 41.1 Å². The third kappa shape index (κ3) is 2.98. The van der Waals surface area contributed by atoms with Crippen LogP contribution in [-0.2, 0) is 6.54 Å². The van der Waals surface area contributed by atoms with Crippen LogP contribution in [0.25, 0.3) is 11.3 Å². The summed E-state index contributed by atoms with van der Waals surface area (Å²) in [6.45, 7) is 1.26. The average Bonchev–Trinajstić information content (AvgIpc) is 2.83. The number of hydrogen-bond acceptors (Lipinski definition) is 4. The molecule has 2 heterocycles. The van der Waals surface area contributed by atoms with Gasteiger partial charge in [0, 0.05) is 36.1 Å². The van der Waals surface area contributed by atoms with Crippen molar-refractivity contribution in [3.05, 3.63) is 77.7 Å². The second kappa shape index (κ2) is 6.61. The largest absolute Gasteiger partial charge is 0.383 e. The summed E-state index contributed by atoms with van der Waals surface area (Å²) in [6.07, 6.45) is 1.59. The van der Waals surface area contributed by atoms with Crippen LogP contribution >= 0.6 is 0 Å². The van der Waals surface area contributed by atoms with E-state index in [1.165, 1.54) is 5.56 Å². The van der Waals surface area contributed by atoms with Crippen molar-refractivity contribution in [3.8, 4) is 11.3 Å². The van der Waals surface area contributed by atoms with E-state index in [-0.39, 0.29) is 11.9 Å². The maximum absolute atomic E-state index is 15.2. The Bertz CT molecular complexity index is 868. The third-order valence-electron chi connectivity index (χ3n) is 4.70. The van der Waals surface area contributed by atoms with Crippen LogP contribution < -0.4 is 5.32 Å². The normalized spacial score (nSPS) is 17.4. The molecule has 1 N–H and O–H groups in total. The highest BCUT2D eigenvalue weighted by atomic mass is 19.1. The molecule has 0 fully saturated rings. The van der Waals surface area contributed by atoms with Gasteiger partial charge in [-0.25, -0.2) is 4.39 Å². The number of anilines is 1. The molecule has 0 saturated heterocycles. The molecule has 0 spiro atoms. The Morgan fingerprint density at radius 2 is 1.92 bits per heavy atom. The molecule has 1 aromatic heterocycles. The summed E-state index contributed by atoms with van der Waals surface area (Å²) in [5, 5.41) is 11.3. The van der Waals surface area contributed by atoms with E-state index < -0.39 is 0 Å². The average molecular weight is 334 g/mol. The minimum atomic E-state index is -0.230. The lowest BCUT2D eigenvalue weighted by atomic mass is 10.0. The molecule has 1 unspecified atom stereocenters. The lowest BCUT2D eigenvalue weighted by Crippen LogP contribution is -2.27. The Morgan fingerprint density at radius 1 is 1.08 bits per heavy atom. The number of likely N-dealkylation sites (N-methyl/N-ethyl adjacent to an activating group) is 1. The van der Waals surface area contributed by atoms with Crippen LogP contribution in [0.4, 0.5) is 10.1 Å². The van der Waals surface area contributed by atoms with Crippen molar-refractivity contribution in [1.29, 1.82) is 0 Å². The fraction of sp³-hybridized carbons (Fsp3) is 0.200. The molecule has 1 aliphatic rings. The van der Waals surface area contributed by atoms with E-state index in [0.29, 0.717) is 23.4 Å². The molecule has 0 radical (unpaired) electrons. The second-order valence-electron chi connectivity index (χ2n) is 6.28. The maximum Gasteiger partial charge on any atom is 0.139 e. The van der Waals surface area contributed by atoms with Gasteiger partial charge in [-0.2, -0.15) is 10.2 Å². The van der Waals surface area contributed by atoms with Crippen LogP contribution in [0.3, 0.4) is 0 Å². The van der Waals surface area contributed by atoms with Gasteiger partial charge in [-0.1, -0.05) is 30.3 Å². The van der Waals surface area contributed by atoms with E-state index in [1.54, 1.807) is 24.4 Å². The van der Waals surface area contributed by atoms with E-state index >= 15 is 4.39 Å². The molecule has 1 atom stereocenters. The molecule has 4 nitrogen and oxygen atoms in total. The number of nitrogens with zero attached hydrogens (tertiary/aromatic N) is 3. The van der Waals surface area contributed by atoms with E-state index in [0.717, 1.165) is 12.2 Å². The lowest BCUT2D eigenvalue weighted by molar-refractivity contribution is 0.249. The van der Waals surface area contributed by atoms with E-state index in [2.05, 4.69) is 32.5 Å². The molecule has 0 amide bonds. The summed E-state index contributed by atoms with van der Waals surface area (Å²) in [4.78, 5) is 2.18. The molecule has 5 heteroatoms. The first kappa shape index (κ1) is 15.7. The van der Waals surface area contributed by atoms with Gasteiger partial charge in [-0.15, -0.1) is 0 Å². The summed E-state index contributed by atoms with van der Waals surface area (Å²) in [5.74, 6) is -0.230. The van der Waals surface area contributed by atoms with Crippen LogP contribution in [0, 0.1) is 5.82 Å². The highest BCUT2D eigenvalue weighted by Crippen LogP contribution is 2.34. The lowest BCUT2D eigenvalue weighted by Gasteiger charge is -2.26. The van der Waals surface area contributed by atoms with Crippen molar-refractivity contribution in [3.63, 3.8) is 0 Å². The molecule has 2 aromatic carbocycles. The second-order valence-corrected chi connectivity index (χ2v) is 6.28. The van der Waals surface area contributed by atoms with Gasteiger partial charge in [0.05, 0.1) is 11.7 Å². The van der Waals surface area contributed by atoms with Crippen molar-refractivity contribution >= 4 is 5.69 Å². The molecule has 126 valence electrons. The third-order valence-corrected chi connectivity index (χ3v) is 4.70. The maximum atomic E-state index is 15.2. The molecule has 0 bridgehead atoms. The minimum Gasteiger partial charge on any atom is -0.383 e. The zero-order chi connectivity index (χ0) is 17.2. The molecule has 25 heavy (non-hydrogen) atoms. The zero-order valence-corrected chi connectivity index (χ0v) is 14.0. The Balaban J connectivity index is 1.71. The highest BCUT2D eigenvalue weighted by molar-refractivity contribution is 5.67. The standard InChI is InChI=1S/C20H19FN4/c1-25-13-16-17(22-12-19(25)14-6-3-2-4-7-14)10-9-15(20(16)21)18-8-5-11-23-24-18/h2-11,19,22H,12-13H2,1H3. The van der Waals surface area contributed by atoms with E-state index in [9.17, 15) is 0 Å². The SMILES string of the molecule is CN1Cc2c(ccc(-c3cccnn3)c2F)NCC1c1ccccc1. The smallest absolute Gasteiger partial charge is 0.139 e. The number of benzene rings is 2. The van der Waals surface area contributed by atoms with Crippen LogP contribution in [0.2, 0.25) is 0 Å². The van der Waals surface area contributed by atoms with Crippen molar-refractivity contribution in [2.24, 2.45) is 0 Å². The highest BCUT2D eigenvalue weighted by Gasteiger charge is 2.25. The number of halogens is 1. The number of fused-ring (bicyclic) bond motifs is 1. The summed E-state index contributed by atoms with van der Waals surface area (Å²) >= 11 is 0. The summed E-state index contributed by atoms with van der Waals surface area (Å²) in [7, 11) is 2.03. The first-order valence-electron chi connectivity index (χ1n) is 8.32. The predicted octanol–water partition coefficient (Wildman–Crippen LogP) is 3.88. The Hall–Kier alpha value is -2.79. The van der Waals surface area contributed by atoms with Gasteiger partial charge in [0.2, 0.25) is 0 Å². The first-order valence-corrected chi connectivity index (χ1v) is 8.32. The summed E-state index contributed by atoms with van der Waals surface area (Å²) in [6, 6.07) is 17.7. The fourth-order valence-electron chi connectivity index (χ4n) is 3.35. The molecule has 4 rings (SSSR count). The Morgan fingerprint density at radius 3 is 2.68 bits per heavy atom. The summed E-state index contributed by atoms with van der Waals surface area (Å²) < 4.78 is 15.2. The van der Waals surface area contributed by atoms with Crippen molar-refractivity contribution in [2.45, 2.75) is 12.6 Å². The van der Waals surface area contributed by atoms with Gasteiger partial charge < -0.3 is 5.32 Å². The Kier molecular flexibility index (Phi) is 4.15. The van der Waals surface area contributed by atoms with Gasteiger partial charge in [-0.3, -0.25) is 4.90 Å². The van der Waals surface area contributed by atoms with Crippen LogP contribution in [0.15, 0.2) is 60.8 Å². The van der Waals surface area contributed by atoms with Gasteiger partial charge in [0.1, 0.15) is 5.82 Å². The molecular weight excluding hydrogens is 315 g/mol. The molecule has 0 saturated carbocycles. The van der Waals surface area contributed by atoms with Gasteiger partial charge >= 0.3 is 0 Å². The molecule has 1 aliphatic heterocycles. The van der Waals surface area contributed by atoms with Gasteiger partial charge in [0.15, 0.2) is 0 Å². The van der Waals surface area contributed by atoms with Crippen LogP contribution in [-0.4, -0.2) is 28.7 Å². The van der Waals surface area contributed by atoms with Gasteiger partial charge in [-0.05, 0) is 36.9 Å². The van der Waals surface area contributed by atoms with Crippen molar-refractivity contribution < 1.29 is 4.39 Å². The number of hydrogen-bond donors (Lipinski definition) is 1. The van der Waals surface area contributed by atoms with E-state index in [1.807, 2.05) is 31.3 Å². The molecule has 0 aliphatic carbocycles. The predicted molar refractivity (Wildman–Crippen MR) is 96.6 cm³/mol.